The van der Waals surface area contributed by atoms with E-state index in [0.717, 1.165) is 11.4 Å². The zero-order valence-electron chi connectivity index (χ0n) is 13.7. The van der Waals surface area contributed by atoms with Crippen LogP contribution in [0, 0.1) is 6.92 Å². The Kier molecular flexibility index (Phi) is 4.42. The summed E-state index contributed by atoms with van der Waals surface area (Å²) >= 11 is 0. The van der Waals surface area contributed by atoms with E-state index in [0.29, 0.717) is 0 Å². The normalized spacial score (nSPS) is 13.7. The summed E-state index contributed by atoms with van der Waals surface area (Å²) in [6, 6.07) is 8.31. The summed E-state index contributed by atoms with van der Waals surface area (Å²) in [7, 11) is 0. The Morgan fingerprint density at radius 3 is 2.24 bits per heavy atom. The molecule has 0 aliphatic rings. The third kappa shape index (κ3) is 3.67. The zero-order valence-corrected chi connectivity index (χ0v) is 13.7. The lowest BCUT2D eigenvalue weighted by Crippen LogP contribution is -2.28. The van der Waals surface area contributed by atoms with Gasteiger partial charge in [0.15, 0.2) is 5.82 Å². The molecule has 1 aromatic heterocycles. The third-order valence-corrected chi connectivity index (χ3v) is 3.15. The van der Waals surface area contributed by atoms with Gasteiger partial charge < -0.3 is 4.74 Å². The molecular formula is C16H24N4O. The Balaban J connectivity index is 2.46. The molecule has 0 aliphatic heterocycles. The molecule has 0 amide bonds. The zero-order chi connectivity index (χ0) is 15.6. The van der Waals surface area contributed by atoms with Crippen LogP contribution >= 0.6 is 0 Å². The van der Waals surface area contributed by atoms with Crippen LogP contribution in [0.4, 0.5) is 0 Å². The number of aromatic nitrogens is 4. The van der Waals surface area contributed by atoms with Crippen LogP contribution in [-0.2, 0) is 10.3 Å². The Hall–Kier alpha value is -1.75. The molecule has 0 fully saturated rings. The van der Waals surface area contributed by atoms with E-state index in [1.807, 2.05) is 18.5 Å². The lowest BCUT2D eigenvalue weighted by atomic mass is 10.0. The lowest BCUT2D eigenvalue weighted by molar-refractivity contribution is 0.0206. The van der Waals surface area contributed by atoms with Crippen LogP contribution in [-0.4, -0.2) is 26.3 Å². The van der Waals surface area contributed by atoms with Crippen LogP contribution in [0.5, 0.6) is 0 Å². The van der Waals surface area contributed by atoms with Gasteiger partial charge in [0.2, 0.25) is 0 Å². The van der Waals surface area contributed by atoms with E-state index in [-0.39, 0.29) is 17.7 Å². The number of tetrazole rings is 1. The summed E-state index contributed by atoms with van der Waals surface area (Å²) < 4.78 is 7.93. The van der Waals surface area contributed by atoms with Crippen LogP contribution in [0.2, 0.25) is 0 Å². The minimum atomic E-state index is -0.264. The Labute approximate surface area is 126 Å². The Morgan fingerprint density at radius 1 is 1.10 bits per heavy atom. The lowest BCUT2D eigenvalue weighted by Gasteiger charge is -2.25. The van der Waals surface area contributed by atoms with E-state index in [2.05, 4.69) is 67.5 Å². The summed E-state index contributed by atoms with van der Waals surface area (Å²) in [5, 5.41) is 12.2. The van der Waals surface area contributed by atoms with E-state index < -0.39 is 0 Å². The number of hydrogen-bond donors (Lipinski definition) is 0. The summed E-state index contributed by atoms with van der Waals surface area (Å²) in [4.78, 5) is 0. The van der Waals surface area contributed by atoms with E-state index >= 15 is 0 Å². The molecule has 0 saturated heterocycles. The van der Waals surface area contributed by atoms with Crippen molar-refractivity contribution in [2.24, 2.45) is 0 Å². The van der Waals surface area contributed by atoms with Crippen LogP contribution in [0.15, 0.2) is 24.3 Å². The number of benzene rings is 1. The van der Waals surface area contributed by atoms with Crippen LogP contribution in [0.1, 0.15) is 57.7 Å². The minimum Gasteiger partial charge on any atom is -0.363 e. The van der Waals surface area contributed by atoms with Gasteiger partial charge in [0.25, 0.3) is 0 Å². The monoisotopic (exact) mass is 288 g/mol. The number of rotatable bonds is 4. The Bertz CT molecular complexity index is 581. The molecular weight excluding hydrogens is 264 g/mol. The van der Waals surface area contributed by atoms with Gasteiger partial charge in [-0.25, -0.2) is 4.68 Å². The fraction of sp³-hybridized carbons (Fsp3) is 0.562. The van der Waals surface area contributed by atoms with E-state index in [1.54, 1.807) is 0 Å². The second-order valence-electron chi connectivity index (χ2n) is 6.60. The molecule has 0 radical (unpaired) electrons. The van der Waals surface area contributed by atoms with Crippen LogP contribution < -0.4 is 0 Å². The van der Waals surface area contributed by atoms with Gasteiger partial charge in [-0.1, -0.05) is 29.8 Å². The van der Waals surface area contributed by atoms with Gasteiger partial charge in [-0.3, -0.25) is 0 Å². The average molecular weight is 288 g/mol. The topological polar surface area (TPSA) is 52.8 Å². The molecule has 1 aromatic carbocycles. The Morgan fingerprint density at radius 2 is 1.71 bits per heavy atom. The maximum Gasteiger partial charge on any atom is 0.185 e. The molecule has 5 nitrogen and oxygen atoms in total. The highest BCUT2D eigenvalue weighted by atomic mass is 16.5. The summed E-state index contributed by atoms with van der Waals surface area (Å²) in [5.41, 5.74) is 2.09. The molecule has 2 aromatic rings. The van der Waals surface area contributed by atoms with E-state index in [9.17, 15) is 0 Å². The third-order valence-electron chi connectivity index (χ3n) is 3.15. The molecule has 0 aliphatic carbocycles. The fourth-order valence-corrected chi connectivity index (χ4v) is 2.14. The van der Waals surface area contributed by atoms with Crippen molar-refractivity contribution >= 4 is 0 Å². The highest BCUT2D eigenvalue weighted by Crippen LogP contribution is 2.28. The van der Waals surface area contributed by atoms with Crippen molar-refractivity contribution in [2.45, 2.75) is 59.3 Å². The van der Waals surface area contributed by atoms with Gasteiger partial charge in [0, 0.05) is 0 Å². The second kappa shape index (κ2) is 5.93. The smallest absolute Gasteiger partial charge is 0.185 e. The van der Waals surface area contributed by atoms with E-state index in [1.165, 1.54) is 5.56 Å². The SMILES string of the molecule is Cc1ccc(C(OC(C)C)c2nnnn2C(C)(C)C)cc1. The van der Waals surface area contributed by atoms with E-state index in [4.69, 9.17) is 4.74 Å². The van der Waals surface area contributed by atoms with Gasteiger partial charge in [0.05, 0.1) is 11.6 Å². The summed E-state index contributed by atoms with van der Waals surface area (Å²) in [6.45, 7) is 12.3. The van der Waals surface area contributed by atoms with Gasteiger partial charge in [-0.05, 0) is 57.5 Å². The van der Waals surface area contributed by atoms with Crippen LogP contribution in [0.25, 0.3) is 0 Å². The molecule has 1 unspecified atom stereocenters. The van der Waals surface area contributed by atoms with Crippen molar-refractivity contribution in [3.05, 3.63) is 41.2 Å². The average Bonchev–Trinajstić information content (AvgIpc) is 2.85. The molecule has 5 heteroatoms. The number of hydrogen-bond acceptors (Lipinski definition) is 4. The molecule has 2 rings (SSSR count). The number of aryl methyl sites for hydroxylation is 1. The first-order valence-corrected chi connectivity index (χ1v) is 7.30. The van der Waals surface area contributed by atoms with Gasteiger partial charge in [0.1, 0.15) is 6.10 Å². The van der Waals surface area contributed by atoms with Gasteiger partial charge >= 0.3 is 0 Å². The minimum absolute atomic E-state index is 0.0846. The molecule has 1 atom stereocenters. The predicted molar refractivity (Wildman–Crippen MR) is 82.1 cm³/mol. The maximum absolute atomic E-state index is 6.09. The molecule has 0 spiro atoms. The van der Waals surface area contributed by atoms with Crippen molar-refractivity contribution < 1.29 is 4.74 Å². The second-order valence-corrected chi connectivity index (χ2v) is 6.60. The molecule has 0 bridgehead atoms. The predicted octanol–water partition coefficient (Wildman–Crippen LogP) is 3.25. The quantitative estimate of drug-likeness (QED) is 0.866. The molecule has 0 saturated carbocycles. The first-order valence-electron chi connectivity index (χ1n) is 7.30. The number of ether oxygens (including phenoxy) is 1. The molecule has 21 heavy (non-hydrogen) atoms. The van der Waals surface area contributed by atoms with Crippen molar-refractivity contribution in [1.82, 2.24) is 20.2 Å². The van der Waals surface area contributed by atoms with Crippen molar-refractivity contribution in [1.29, 1.82) is 0 Å². The molecule has 1 heterocycles. The van der Waals surface area contributed by atoms with Crippen molar-refractivity contribution in [3.63, 3.8) is 0 Å². The maximum atomic E-state index is 6.09. The summed E-state index contributed by atoms with van der Waals surface area (Å²) in [6.07, 6.45) is -0.179. The molecule has 0 N–H and O–H groups in total. The van der Waals surface area contributed by atoms with Crippen molar-refractivity contribution in [3.8, 4) is 0 Å². The first-order chi connectivity index (χ1) is 9.79. The first kappa shape index (κ1) is 15.6. The number of nitrogens with zero attached hydrogens (tertiary/aromatic N) is 4. The standard InChI is InChI=1S/C16H24N4O/c1-11(2)21-14(13-9-7-12(3)8-10-13)15-17-18-19-20(15)16(4,5)6/h7-11,14H,1-6H3. The highest BCUT2D eigenvalue weighted by molar-refractivity contribution is 5.27. The van der Waals surface area contributed by atoms with Crippen molar-refractivity contribution in [2.75, 3.05) is 0 Å². The highest BCUT2D eigenvalue weighted by Gasteiger charge is 2.28. The van der Waals surface area contributed by atoms with Gasteiger partial charge in [-0.15, -0.1) is 5.10 Å². The fourth-order valence-electron chi connectivity index (χ4n) is 2.14. The molecule has 114 valence electrons. The summed E-state index contributed by atoms with van der Waals surface area (Å²) in [5.74, 6) is 0.736. The van der Waals surface area contributed by atoms with Gasteiger partial charge in [-0.2, -0.15) is 0 Å². The van der Waals surface area contributed by atoms with Crippen LogP contribution in [0.3, 0.4) is 0 Å². The largest absolute Gasteiger partial charge is 0.363 e.